The van der Waals surface area contributed by atoms with Crippen LogP contribution in [0.2, 0.25) is 5.02 Å². The molecule has 0 bridgehead atoms. The van der Waals surface area contributed by atoms with Crippen LogP contribution in [0.15, 0.2) is 78.9 Å². The van der Waals surface area contributed by atoms with Crippen LogP contribution in [0.4, 0.5) is 10.5 Å². The Kier molecular flexibility index (Phi) is 7.46. The van der Waals surface area contributed by atoms with E-state index in [9.17, 15) is 4.79 Å². The number of hydrogen-bond acceptors (Lipinski definition) is 2. The van der Waals surface area contributed by atoms with E-state index < -0.39 is 0 Å². The van der Waals surface area contributed by atoms with Gasteiger partial charge in [-0.25, -0.2) is 4.79 Å². The van der Waals surface area contributed by atoms with Gasteiger partial charge in [0.15, 0.2) is 0 Å². The van der Waals surface area contributed by atoms with Gasteiger partial charge in [0.05, 0.1) is 0 Å². The quantitative estimate of drug-likeness (QED) is 0.478. The summed E-state index contributed by atoms with van der Waals surface area (Å²) in [5.41, 5.74) is 4.20. The molecule has 3 aromatic carbocycles. The van der Waals surface area contributed by atoms with Crippen LogP contribution in [0.5, 0.6) is 0 Å². The van der Waals surface area contributed by atoms with Gasteiger partial charge in [-0.05, 0) is 48.6 Å². The van der Waals surface area contributed by atoms with E-state index in [0.29, 0.717) is 11.6 Å². The Morgan fingerprint density at radius 1 is 0.969 bits per heavy atom. The molecular formula is C27H30ClN3O. The molecule has 0 spiro atoms. The Balaban J connectivity index is 1.47. The van der Waals surface area contributed by atoms with Crippen molar-refractivity contribution in [2.45, 2.75) is 38.9 Å². The van der Waals surface area contributed by atoms with Crippen molar-refractivity contribution in [2.75, 3.05) is 18.4 Å². The highest BCUT2D eigenvalue weighted by molar-refractivity contribution is 6.31. The molecule has 0 aromatic heterocycles. The van der Waals surface area contributed by atoms with Crippen LogP contribution >= 0.6 is 11.6 Å². The first-order chi connectivity index (χ1) is 15.6. The fraction of sp³-hybridized carbons (Fsp3) is 0.296. The number of rotatable bonds is 6. The van der Waals surface area contributed by atoms with Crippen molar-refractivity contribution in [1.29, 1.82) is 0 Å². The SMILES string of the molecule is Cc1ccccc1NC(=O)N(Cc1ccccc1Cl)C1CCN(Cc2ccccc2)CC1. The normalized spacial score (nSPS) is 14.8. The molecule has 1 heterocycles. The molecule has 1 N–H and O–H groups in total. The van der Waals surface area contributed by atoms with Crippen molar-refractivity contribution in [2.24, 2.45) is 0 Å². The molecule has 32 heavy (non-hydrogen) atoms. The molecule has 1 aliphatic rings. The second kappa shape index (κ2) is 10.7. The van der Waals surface area contributed by atoms with E-state index in [2.05, 4.69) is 40.5 Å². The summed E-state index contributed by atoms with van der Waals surface area (Å²) >= 11 is 6.44. The minimum absolute atomic E-state index is 0.0688. The van der Waals surface area contributed by atoms with E-state index in [1.807, 2.05) is 60.4 Å². The number of hydrogen-bond donors (Lipinski definition) is 1. The lowest BCUT2D eigenvalue weighted by Crippen LogP contribution is -2.48. The lowest BCUT2D eigenvalue weighted by atomic mass is 10.0. The fourth-order valence-electron chi connectivity index (χ4n) is 4.31. The summed E-state index contributed by atoms with van der Waals surface area (Å²) in [4.78, 5) is 17.8. The van der Waals surface area contributed by atoms with E-state index in [-0.39, 0.29) is 12.1 Å². The van der Waals surface area contributed by atoms with Crippen molar-refractivity contribution in [3.05, 3.63) is 101 Å². The van der Waals surface area contributed by atoms with Gasteiger partial charge < -0.3 is 10.2 Å². The molecule has 2 amide bonds. The predicted octanol–water partition coefficient (Wildman–Crippen LogP) is 6.35. The number of piperidine rings is 1. The zero-order valence-electron chi connectivity index (χ0n) is 18.5. The predicted molar refractivity (Wildman–Crippen MR) is 132 cm³/mol. The summed E-state index contributed by atoms with van der Waals surface area (Å²) in [6, 6.07) is 26.3. The standard InChI is InChI=1S/C27H30ClN3O/c1-21-9-5-8-14-26(21)29-27(32)31(20-23-12-6-7-13-25(23)28)24-15-17-30(18-16-24)19-22-10-3-2-4-11-22/h2-14,24H,15-20H2,1H3,(H,29,32). The lowest BCUT2D eigenvalue weighted by molar-refractivity contribution is 0.120. The summed E-state index contributed by atoms with van der Waals surface area (Å²) in [7, 11) is 0. The largest absolute Gasteiger partial charge is 0.322 e. The Bertz CT molecular complexity index is 1030. The van der Waals surface area contributed by atoms with Gasteiger partial charge in [0.2, 0.25) is 0 Å². The molecule has 1 aliphatic heterocycles. The molecule has 0 aliphatic carbocycles. The van der Waals surface area contributed by atoms with E-state index in [1.54, 1.807) is 0 Å². The van der Waals surface area contributed by atoms with Crippen LogP contribution in [0.3, 0.4) is 0 Å². The van der Waals surface area contributed by atoms with Gasteiger partial charge in [0, 0.05) is 42.9 Å². The van der Waals surface area contributed by atoms with Gasteiger partial charge in [-0.2, -0.15) is 0 Å². The lowest BCUT2D eigenvalue weighted by Gasteiger charge is -2.39. The number of halogens is 1. The second-order valence-electron chi connectivity index (χ2n) is 8.46. The molecule has 4 rings (SSSR count). The van der Waals surface area contributed by atoms with Gasteiger partial charge in [-0.3, -0.25) is 4.90 Å². The van der Waals surface area contributed by atoms with Crippen LogP contribution < -0.4 is 5.32 Å². The third-order valence-electron chi connectivity index (χ3n) is 6.19. The van der Waals surface area contributed by atoms with Crippen molar-refractivity contribution >= 4 is 23.3 Å². The van der Waals surface area contributed by atoms with Gasteiger partial charge in [-0.15, -0.1) is 0 Å². The summed E-state index contributed by atoms with van der Waals surface area (Å²) in [6.07, 6.45) is 1.89. The van der Waals surface area contributed by atoms with Gasteiger partial charge in [0.1, 0.15) is 0 Å². The summed E-state index contributed by atoms with van der Waals surface area (Å²) in [5, 5.41) is 3.83. The number of benzene rings is 3. The number of nitrogens with one attached hydrogen (secondary N) is 1. The molecular weight excluding hydrogens is 418 g/mol. The average Bonchev–Trinajstić information content (AvgIpc) is 2.81. The van der Waals surface area contributed by atoms with Crippen LogP contribution in [0.25, 0.3) is 0 Å². The van der Waals surface area contributed by atoms with E-state index >= 15 is 0 Å². The van der Waals surface area contributed by atoms with Gasteiger partial charge in [-0.1, -0.05) is 78.3 Å². The van der Waals surface area contributed by atoms with E-state index in [0.717, 1.165) is 49.3 Å². The Hall–Kier alpha value is -2.82. The van der Waals surface area contributed by atoms with E-state index in [4.69, 9.17) is 11.6 Å². The zero-order valence-corrected chi connectivity index (χ0v) is 19.3. The summed E-state index contributed by atoms with van der Waals surface area (Å²) < 4.78 is 0. The second-order valence-corrected chi connectivity index (χ2v) is 8.86. The first-order valence-corrected chi connectivity index (χ1v) is 11.6. The van der Waals surface area contributed by atoms with Crippen LogP contribution in [-0.2, 0) is 13.1 Å². The maximum absolute atomic E-state index is 13.4. The average molecular weight is 448 g/mol. The Labute approximate surface area is 195 Å². The molecule has 4 nitrogen and oxygen atoms in total. The molecule has 1 saturated heterocycles. The topological polar surface area (TPSA) is 35.6 Å². The van der Waals surface area contributed by atoms with Crippen molar-refractivity contribution < 1.29 is 4.79 Å². The van der Waals surface area contributed by atoms with Crippen molar-refractivity contribution in [3.8, 4) is 0 Å². The smallest absolute Gasteiger partial charge is 0.317 e. The molecule has 3 aromatic rings. The molecule has 0 radical (unpaired) electrons. The Morgan fingerprint density at radius 3 is 2.34 bits per heavy atom. The number of anilines is 1. The Morgan fingerprint density at radius 2 is 1.62 bits per heavy atom. The number of urea groups is 1. The van der Waals surface area contributed by atoms with E-state index in [1.165, 1.54) is 5.56 Å². The molecule has 1 fully saturated rings. The highest BCUT2D eigenvalue weighted by atomic mass is 35.5. The summed E-state index contributed by atoms with van der Waals surface area (Å²) in [6.45, 7) is 5.40. The van der Waals surface area contributed by atoms with Crippen molar-refractivity contribution in [3.63, 3.8) is 0 Å². The number of nitrogens with zero attached hydrogens (tertiary/aromatic N) is 2. The maximum Gasteiger partial charge on any atom is 0.322 e. The minimum atomic E-state index is -0.0688. The highest BCUT2D eigenvalue weighted by Gasteiger charge is 2.29. The molecule has 5 heteroatoms. The zero-order chi connectivity index (χ0) is 22.3. The van der Waals surface area contributed by atoms with Gasteiger partial charge >= 0.3 is 6.03 Å². The van der Waals surface area contributed by atoms with Gasteiger partial charge in [0.25, 0.3) is 0 Å². The first kappa shape index (κ1) is 22.4. The maximum atomic E-state index is 13.4. The van der Waals surface area contributed by atoms with Crippen LogP contribution in [0.1, 0.15) is 29.5 Å². The third-order valence-corrected chi connectivity index (χ3v) is 6.56. The minimum Gasteiger partial charge on any atom is -0.317 e. The number of amides is 2. The fourth-order valence-corrected chi connectivity index (χ4v) is 4.50. The van der Waals surface area contributed by atoms with Crippen LogP contribution in [0, 0.1) is 6.92 Å². The van der Waals surface area contributed by atoms with Crippen LogP contribution in [-0.4, -0.2) is 35.0 Å². The summed E-state index contributed by atoms with van der Waals surface area (Å²) in [5.74, 6) is 0. The molecule has 166 valence electrons. The first-order valence-electron chi connectivity index (χ1n) is 11.2. The highest BCUT2D eigenvalue weighted by Crippen LogP contribution is 2.25. The van der Waals surface area contributed by atoms with Crippen molar-refractivity contribution in [1.82, 2.24) is 9.80 Å². The monoisotopic (exact) mass is 447 g/mol. The number of carbonyl (C=O) groups is 1. The third kappa shape index (κ3) is 5.70. The molecule has 0 saturated carbocycles. The number of carbonyl (C=O) groups excluding carboxylic acids is 1. The number of likely N-dealkylation sites (tertiary alicyclic amines) is 1. The number of para-hydroxylation sites is 1. The molecule has 0 atom stereocenters. The number of aryl methyl sites for hydroxylation is 1. The molecule has 0 unspecified atom stereocenters.